The Balaban J connectivity index is 2.17. The van der Waals surface area contributed by atoms with Gasteiger partial charge in [0.15, 0.2) is 0 Å². The average molecular weight is 312 g/mol. The molecular weight excluding hydrogens is 298 g/mol. The molecule has 2 nitrogen and oxygen atoms in total. The fourth-order valence-corrected chi connectivity index (χ4v) is 2.65. The summed E-state index contributed by atoms with van der Waals surface area (Å²) in [6.45, 7) is 4.05. The molecule has 1 aromatic heterocycles. The van der Waals surface area contributed by atoms with Gasteiger partial charge in [-0.15, -0.1) is 11.3 Å². The molecule has 90 valence electrons. The van der Waals surface area contributed by atoms with Crippen LogP contribution in [0.3, 0.4) is 0 Å². The molecule has 0 unspecified atom stereocenters. The number of hydrogen-bond acceptors (Lipinski definition) is 3. The zero-order chi connectivity index (χ0) is 12.3. The van der Waals surface area contributed by atoms with E-state index < -0.39 is 0 Å². The Morgan fingerprint density at radius 1 is 1.29 bits per heavy atom. The number of rotatable bonds is 4. The van der Waals surface area contributed by atoms with E-state index in [0.717, 1.165) is 27.3 Å². The van der Waals surface area contributed by atoms with Crippen LogP contribution in [0.1, 0.15) is 18.9 Å². The normalized spacial score (nSPS) is 10.8. The molecule has 2 rings (SSSR count). The molecule has 0 radical (unpaired) electrons. The number of benzene rings is 1. The maximum Gasteiger partial charge on any atom is 0.119 e. The van der Waals surface area contributed by atoms with Gasteiger partial charge < -0.3 is 4.74 Å². The van der Waals surface area contributed by atoms with Crippen LogP contribution in [-0.4, -0.2) is 11.1 Å². The van der Waals surface area contributed by atoms with Crippen LogP contribution in [0.5, 0.6) is 5.75 Å². The van der Waals surface area contributed by atoms with Gasteiger partial charge in [0, 0.05) is 10.9 Å². The molecule has 0 aliphatic rings. The first kappa shape index (κ1) is 12.6. The van der Waals surface area contributed by atoms with Crippen molar-refractivity contribution in [2.45, 2.75) is 25.3 Å². The number of alkyl halides is 1. The summed E-state index contributed by atoms with van der Waals surface area (Å²) in [6, 6.07) is 8.07. The van der Waals surface area contributed by atoms with Crippen LogP contribution >= 0.6 is 27.3 Å². The highest BCUT2D eigenvalue weighted by molar-refractivity contribution is 9.08. The van der Waals surface area contributed by atoms with Gasteiger partial charge in [0.05, 0.1) is 17.1 Å². The summed E-state index contributed by atoms with van der Waals surface area (Å²) in [4.78, 5) is 4.52. The lowest BCUT2D eigenvalue weighted by molar-refractivity contribution is 0.242. The van der Waals surface area contributed by atoms with Gasteiger partial charge in [-0.2, -0.15) is 0 Å². The SMILES string of the molecule is CC(C)Oc1ccc(-c2csc(CBr)n2)cc1. The quantitative estimate of drug-likeness (QED) is 0.776. The Hall–Kier alpha value is -0.870. The molecule has 0 aliphatic carbocycles. The number of aromatic nitrogens is 1. The molecule has 0 bridgehead atoms. The van der Waals surface area contributed by atoms with E-state index in [9.17, 15) is 0 Å². The first-order valence-corrected chi connectivity index (χ1v) is 7.46. The number of nitrogens with zero attached hydrogens (tertiary/aromatic N) is 1. The van der Waals surface area contributed by atoms with Gasteiger partial charge in [-0.3, -0.25) is 0 Å². The molecule has 2 aromatic rings. The second kappa shape index (κ2) is 5.65. The Morgan fingerprint density at radius 3 is 2.53 bits per heavy atom. The van der Waals surface area contributed by atoms with E-state index in [1.54, 1.807) is 11.3 Å². The molecule has 0 aliphatic heterocycles. The zero-order valence-corrected chi connectivity index (χ0v) is 12.2. The smallest absolute Gasteiger partial charge is 0.119 e. The minimum absolute atomic E-state index is 0.208. The van der Waals surface area contributed by atoms with Crippen LogP contribution in [-0.2, 0) is 5.33 Å². The molecule has 4 heteroatoms. The lowest BCUT2D eigenvalue weighted by Crippen LogP contribution is -2.05. The maximum absolute atomic E-state index is 5.61. The monoisotopic (exact) mass is 311 g/mol. The lowest BCUT2D eigenvalue weighted by Gasteiger charge is -2.09. The summed E-state index contributed by atoms with van der Waals surface area (Å²) in [7, 11) is 0. The van der Waals surface area contributed by atoms with Crippen LogP contribution in [0.25, 0.3) is 11.3 Å². The molecule has 17 heavy (non-hydrogen) atoms. The van der Waals surface area contributed by atoms with E-state index in [2.05, 4.69) is 26.3 Å². The summed E-state index contributed by atoms with van der Waals surface area (Å²) in [5, 5.41) is 3.99. The minimum atomic E-state index is 0.208. The Kier molecular flexibility index (Phi) is 4.18. The largest absolute Gasteiger partial charge is 0.491 e. The van der Waals surface area contributed by atoms with Crippen LogP contribution in [0.15, 0.2) is 29.6 Å². The lowest BCUT2D eigenvalue weighted by atomic mass is 10.2. The average Bonchev–Trinajstić information content (AvgIpc) is 2.78. The Labute approximate surface area is 114 Å². The number of ether oxygens (including phenoxy) is 1. The summed E-state index contributed by atoms with van der Waals surface area (Å²) >= 11 is 5.08. The molecule has 1 heterocycles. The van der Waals surface area contributed by atoms with E-state index in [4.69, 9.17) is 4.74 Å². The summed E-state index contributed by atoms with van der Waals surface area (Å²) in [6.07, 6.45) is 0.208. The van der Waals surface area contributed by atoms with Gasteiger partial charge in [0.2, 0.25) is 0 Å². The molecule has 0 amide bonds. The second-order valence-corrected chi connectivity index (χ2v) is 5.45. The van der Waals surface area contributed by atoms with E-state index in [1.807, 2.05) is 38.1 Å². The van der Waals surface area contributed by atoms with E-state index in [0.29, 0.717) is 0 Å². The van der Waals surface area contributed by atoms with Crippen molar-refractivity contribution in [1.29, 1.82) is 0 Å². The second-order valence-electron chi connectivity index (χ2n) is 3.95. The van der Waals surface area contributed by atoms with Crippen molar-refractivity contribution in [1.82, 2.24) is 4.98 Å². The highest BCUT2D eigenvalue weighted by Gasteiger charge is 2.04. The minimum Gasteiger partial charge on any atom is -0.491 e. The molecule has 0 N–H and O–H groups in total. The van der Waals surface area contributed by atoms with Crippen LogP contribution in [0.2, 0.25) is 0 Å². The van der Waals surface area contributed by atoms with Crippen molar-refractivity contribution >= 4 is 27.3 Å². The van der Waals surface area contributed by atoms with E-state index >= 15 is 0 Å². The van der Waals surface area contributed by atoms with Crippen molar-refractivity contribution in [3.05, 3.63) is 34.7 Å². The maximum atomic E-state index is 5.61. The fourth-order valence-electron chi connectivity index (χ4n) is 1.48. The van der Waals surface area contributed by atoms with Gasteiger partial charge in [-0.05, 0) is 38.1 Å². The number of halogens is 1. The van der Waals surface area contributed by atoms with Gasteiger partial charge in [0.25, 0.3) is 0 Å². The molecule has 1 aromatic carbocycles. The summed E-state index contributed by atoms with van der Waals surface area (Å²) < 4.78 is 5.61. The van der Waals surface area contributed by atoms with Gasteiger partial charge >= 0.3 is 0 Å². The van der Waals surface area contributed by atoms with Crippen molar-refractivity contribution in [2.24, 2.45) is 0 Å². The van der Waals surface area contributed by atoms with Crippen LogP contribution < -0.4 is 4.74 Å². The molecule has 0 atom stereocenters. The molecule has 0 spiro atoms. The van der Waals surface area contributed by atoms with Crippen LogP contribution in [0.4, 0.5) is 0 Å². The van der Waals surface area contributed by atoms with Crippen LogP contribution in [0, 0.1) is 0 Å². The molecule has 0 fully saturated rings. The van der Waals surface area contributed by atoms with Crippen molar-refractivity contribution in [3.8, 4) is 17.0 Å². The molecule has 0 saturated heterocycles. The standard InChI is InChI=1S/C13H14BrNOS/c1-9(2)16-11-5-3-10(4-6-11)12-8-17-13(7-14)15-12/h3-6,8-9H,7H2,1-2H3. The fraction of sp³-hybridized carbons (Fsp3) is 0.308. The predicted octanol–water partition coefficient (Wildman–Crippen LogP) is 4.49. The highest BCUT2D eigenvalue weighted by atomic mass is 79.9. The third-order valence-corrected chi connectivity index (χ3v) is 3.94. The van der Waals surface area contributed by atoms with E-state index in [-0.39, 0.29) is 6.10 Å². The predicted molar refractivity (Wildman–Crippen MR) is 75.9 cm³/mol. The highest BCUT2D eigenvalue weighted by Crippen LogP contribution is 2.25. The summed E-state index contributed by atoms with van der Waals surface area (Å²) in [5.41, 5.74) is 2.16. The molecule has 0 saturated carbocycles. The first-order valence-electron chi connectivity index (χ1n) is 5.46. The first-order chi connectivity index (χ1) is 8.19. The van der Waals surface area contributed by atoms with Crippen molar-refractivity contribution < 1.29 is 4.74 Å². The number of thiazole rings is 1. The molecular formula is C13H14BrNOS. The van der Waals surface area contributed by atoms with Crippen molar-refractivity contribution in [3.63, 3.8) is 0 Å². The third-order valence-electron chi connectivity index (χ3n) is 2.19. The zero-order valence-electron chi connectivity index (χ0n) is 9.81. The van der Waals surface area contributed by atoms with Crippen molar-refractivity contribution in [2.75, 3.05) is 0 Å². The Bertz CT molecular complexity index is 478. The number of hydrogen-bond donors (Lipinski definition) is 0. The van der Waals surface area contributed by atoms with E-state index in [1.165, 1.54) is 0 Å². The van der Waals surface area contributed by atoms with Gasteiger partial charge in [0.1, 0.15) is 10.8 Å². The van der Waals surface area contributed by atoms with Gasteiger partial charge in [-0.25, -0.2) is 4.98 Å². The van der Waals surface area contributed by atoms with Gasteiger partial charge in [-0.1, -0.05) is 15.9 Å². The topological polar surface area (TPSA) is 22.1 Å². The Morgan fingerprint density at radius 2 is 2.00 bits per heavy atom. The summed E-state index contributed by atoms with van der Waals surface area (Å²) in [5.74, 6) is 0.902. The third kappa shape index (κ3) is 3.30.